The maximum Gasteiger partial charge on any atom is 0.0830 e. The third kappa shape index (κ3) is 5.15. The summed E-state index contributed by atoms with van der Waals surface area (Å²) in [6.45, 7) is 10.3. The van der Waals surface area contributed by atoms with Crippen LogP contribution in [0.2, 0.25) is 0 Å². The van der Waals surface area contributed by atoms with Gasteiger partial charge in [0.15, 0.2) is 0 Å². The fraction of sp³-hybridized carbons (Fsp3) is 1.00. The van der Waals surface area contributed by atoms with Crippen LogP contribution < -0.4 is 0 Å². The van der Waals surface area contributed by atoms with Gasteiger partial charge in [0, 0.05) is 32.8 Å². The average molecular weight is 341 g/mol. The molecule has 3 fully saturated rings. The normalized spacial score (nSPS) is 33.5. The Morgan fingerprint density at radius 1 is 0.917 bits per heavy atom. The van der Waals surface area contributed by atoms with Crippen molar-refractivity contribution in [2.45, 2.75) is 51.4 Å². The molecule has 5 nitrogen and oxygen atoms in total. The molecule has 2 saturated carbocycles. The molecule has 1 heterocycles. The Bertz CT molecular complexity index is 366. The highest BCUT2D eigenvalue weighted by atomic mass is 16.5. The van der Waals surface area contributed by atoms with Crippen LogP contribution in [0.5, 0.6) is 0 Å². The van der Waals surface area contributed by atoms with Crippen LogP contribution in [-0.2, 0) is 18.9 Å². The SMILES string of the molecule is COC1CC(C2CC2COCCOCCOC2CN(C(C)C)C2)C1. The second-order valence-corrected chi connectivity index (χ2v) is 7.98. The van der Waals surface area contributed by atoms with Crippen LogP contribution in [0.1, 0.15) is 33.1 Å². The van der Waals surface area contributed by atoms with E-state index in [4.69, 9.17) is 18.9 Å². The molecule has 0 aromatic rings. The van der Waals surface area contributed by atoms with Gasteiger partial charge in [0.2, 0.25) is 0 Å². The van der Waals surface area contributed by atoms with Crippen LogP contribution in [0.4, 0.5) is 0 Å². The minimum Gasteiger partial charge on any atom is -0.381 e. The lowest BCUT2D eigenvalue weighted by atomic mass is 9.78. The molecule has 0 bridgehead atoms. The second kappa shape index (κ2) is 8.95. The smallest absolute Gasteiger partial charge is 0.0830 e. The maximum absolute atomic E-state index is 5.77. The van der Waals surface area contributed by atoms with Gasteiger partial charge in [0.1, 0.15) is 0 Å². The molecule has 3 aliphatic rings. The molecule has 0 amide bonds. The van der Waals surface area contributed by atoms with E-state index in [1.54, 1.807) is 0 Å². The van der Waals surface area contributed by atoms with Gasteiger partial charge in [-0.2, -0.15) is 0 Å². The molecule has 2 aliphatic carbocycles. The number of nitrogens with zero attached hydrogens (tertiary/aromatic N) is 1. The fourth-order valence-electron chi connectivity index (χ4n) is 3.91. The first kappa shape index (κ1) is 18.6. The summed E-state index contributed by atoms with van der Waals surface area (Å²) < 4.78 is 22.5. The summed E-state index contributed by atoms with van der Waals surface area (Å²) in [5.74, 6) is 2.59. The van der Waals surface area contributed by atoms with Gasteiger partial charge >= 0.3 is 0 Å². The number of hydrogen-bond donors (Lipinski definition) is 0. The summed E-state index contributed by atoms with van der Waals surface area (Å²) in [6.07, 6.45) is 4.81. The number of methoxy groups -OCH3 is 1. The first-order valence-electron chi connectivity index (χ1n) is 9.71. The number of hydrogen-bond acceptors (Lipinski definition) is 5. The summed E-state index contributed by atoms with van der Waals surface area (Å²) in [7, 11) is 1.83. The highest BCUT2D eigenvalue weighted by Gasteiger charge is 2.47. The van der Waals surface area contributed by atoms with Crippen LogP contribution in [0.3, 0.4) is 0 Å². The van der Waals surface area contributed by atoms with Crippen LogP contribution in [0.15, 0.2) is 0 Å². The zero-order valence-electron chi connectivity index (χ0n) is 15.6. The lowest BCUT2D eigenvalue weighted by Gasteiger charge is -2.41. The molecule has 24 heavy (non-hydrogen) atoms. The van der Waals surface area contributed by atoms with E-state index in [0.717, 1.165) is 37.5 Å². The maximum atomic E-state index is 5.77. The first-order chi connectivity index (χ1) is 11.7. The van der Waals surface area contributed by atoms with E-state index in [0.29, 0.717) is 44.7 Å². The summed E-state index contributed by atoms with van der Waals surface area (Å²) in [5.41, 5.74) is 0. The predicted octanol–water partition coefficient (Wildman–Crippen LogP) is 2.19. The molecule has 0 aromatic heterocycles. The summed E-state index contributed by atoms with van der Waals surface area (Å²) in [4.78, 5) is 2.42. The Hall–Kier alpha value is -0.200. The number of ether oxygens (including phenoxy) is 4. The lowest BCUT2D eigenvalue weighted by molar-refractivity contribution is -0.0831. The zero-order chi connectivity index (χ0) is 16.9. The van der Waals surface area contributed by atoms with E-state index >= 15 is 0 Å². The van der Waals surface area contributed by atoms with E-state index in [2.05, 4.69) is 18.7 Å². The average Bonchev–Trinajstić information content (AvgIpc) is 3.21. The highest BCUT2D eigenvalue weighted by molar-refractivity contribution is 4.97. The molecule has 1 saturated heterocycles. The third-order valence-corrected chi connectivity index (χ3v) is 5.94. The van der Waals surface area contributed by atoms with Crippen molar-refractivity contribution in [1.82, 2.24) is 4.90 Å². The van der Waals surface area contributed by atoms with Crippen molar-refractivity contribution in [2.75, 3.05) is 53.2 Å². The lowest BCUT2D eigenvalue weighted by Crippen LogP contribution is -2.55. The highest BCUT2D eigenvalue weighted by Crippen LogP contribution is 2.52. The van der Waals surface area contributed by atoms with Crippen LogP contribution >= 0.6 is 0 Å². The van der Waals surface area contributed by atoms with Crippen molar-refractivity contribution in [2.24, 2.45) is 17.8 Å². The molecule has 2 unspecified atom stereocenters. The topological polar surface area (TPSA) is 40.2 Å². The van der Waals surface area contributed by atoms with Gasteiger partial charge < -0.3 is 18.9 Å². The van der Waals surface area contributed by atoms with E-state index < -0.39 is 0 Å². The van der Waals surface area contributed by atoms with Crippen LogP contribution in [0, 0.1) is 17.8 Å². The fourth-order valence-corrected chi connectivity index (χ4v) is 3.91. The van der Waals surface area contributed by atoms with Gasteiger partial charge in [-0.25, -0.2) is 0 Å². The molecule has 3 rings (SSSR count). The Kier molecular flexibility index (Phi) is 6.93. The van der Waals surface area contributed by atoms with Gasteiger partial charge in [0.05, 0.1) is 38.6 Å². The van der Waals surface area contributed by atoms with Crippen molar-refractivity contribution in [3.05, 3.63) is 0 Å². The molecule has 5 heteroatoms. The summed E-state index contributed by atoms with van der Waals surface area (Å²) in [5, 5.41) is 0. The predicted molar refractivity (Wildman–Crippen MR) is 93.2 cm³/mol. The largest absolute Gasteiger partial charge is 0.381 e. The van der Waals surface area contributed by atoms with Gasteiger partial charge in [-0.1, -0.05) is 0 Å². The van der Waals surface area contributed by atoms with Crippen molar-refractivity contribution in [3.8, 4) is 0 Å². The van der Waals surface area contributed by atoms with E-state index in [-0.39, 0.29) is 0 Å². The standard InChI is InChI=1S/C19H35NO4/c1-14(2)20-11-18(12-20)24-7-6-22-4-5-23-13-16-10-19(16)15-8-17(9-15)21-3/h14-19H,4-13H2,1-3H3. The Morgan fingerprint density at radius 2 is 1.62 bits per heavy atom. The van der Waals surface area contributed by atoms with Crippen molar-refractivity contribution >= 4 is 0 Å². The first-order valence-corrected chi connectivity index (χ1v) is 9.71. The molecule has 0 radical (unpaired) electrons. The van der Waals surface area contributed by atoms with Crippen molar-refractivity contribution in [1.29, 1.82) is 0 Å². The molecule has 2 atom stereocenters. The van der Waals surface area contributed by atoms with Gasteiger partial charge in [-0.05, 0) is 50.9 Å². The van der Waals surface area contributed by atoms with Gasteiger partial charge in [-0.3, -0.25) is 4.90 Å². The summed E-state index contributed by atoms with van der Waals surface area (Å²) in [6, 6.07) is 0.634. The third-order valence-electron chi connectivity index (χ3n) is 5.94. The Balaban J connectivity index is 1.07. The Morgan fingerprint density at radius 3 is 2.33 bits per heavy atom. The molecule has 1 aliphatic heterocycles. The molecule has 0 spiro atoms. The van der Waals surface area contributed by atoms with E-state index in [1.807, 2.05) is 7.11 Å². The Labute approximate surface area is 147 Å². The second-order valence-electron chi connectivity index (χ2n) is 7.98. The van der Waals surface area contributed by atoms with E-state index in [9.17, 15) is 0 Å². The zero-order valence-corrected chi connectivity index (χ0v) is 15.6. The van der Waals surface area contributed by atoms with Gasteiger partial charge in [-0.15, -0.1) is 0 Å². The van der Waals surface area contributed by atoms with Crippen molar-refractivity contribution in [3.63, 3.8) is 0 Å². The quantitative estimate of drug-likeness (QED) is 0.509. The van der Waals surface area contributed by atoms with Crippen LogP contribution in [0.25, 0.3) is 0 Å². The van der Waals surface area contributed by atoms with E-state index in [1.165, 1.54) is 19.3 Å². The molecule has 0 N–H and O–H groups in total. The monoisotopic (exact) mass is 341 g/mol. The molecule has 140 valence electrons. The number of rotatable bonds is 12. The summed E-state index contributed by atoms with van der Waals surface area (Å²) >= 11 is 0. The number of likely N-dealkylation sites (tertiary alicyclic amines) is 1. The minimum atomic E-state index is 0.406. The molecular weight excluding hydrogens is 306 g/mol. The molecular formula is C19H35NO4. The minimum absolute atomic E-state index is 0.406. The van der Waals surface area contributed by atoms with Crippen molar-refractivity contribution < 1.29 is 18.9 Å². The molecule has 0 aromatic carbocycles. The van der Waals surface area contributed by atoms with Crippen LogP contribution in [-0.4, -0.2) is 76.4 Å². The van der Waals surface area contributed by atoms with Gasteiger partial charge in [0.25, 0.3) is 0 Å².